The summed E-state index contributed by atoms with van der Waals surface area (Å²) in [5.41, 5.74) is 1.13. The maximum atomic E-state index is 13.8. The van der Waals surface area contributed by atoms with Crippen molar-refractivity contribution in [3.63, 3.8) is 0 Å². The quantitative estimate of drug-likeness (QED) is 0.835. The molecule has 1 aromatic carbocycles. The molecule has 2 rings (SSSR count). The average Bonchev–Trinajstić information content (AvgIpc) is 2.48. The summed E-state index contributed by atoms with van der Waals surface area (Å²) in [6.45, 7) is 5.40. The standard InChI is InChI=1S/C17H21ClFNO3/c1-11(2)5-8-23-16-6-7-22-10-15(16)20-17(21)13-4-3-12(18)9-14(13)19/h3-5,9,15-16H,6-8,10H2,1-2H3,(H,20,21)/t15-,16+/m1/s1. The van der Waals surface area contributed by atoms with E-state index in [-0.39, 0.29) is 22.7 Å². The molecule has 1 aliphatic heterocycles. The first-order valence-electron chi connectivity index (χ1n) is 7.56. The zero-order valence-corrected chi connectivity index (χ0v) is 14.0. The fraction of sp³-hybridized carbons (Fsp3) is 0.471. The summed E-state index contributed by atoms with van der Waals surface area (Å²) < 4.78 is 25.0. The molecule has 1 aromatic rings. The van der Waals surface area contributed by atoms with E-state index in [0.717, 1.165) is 6.07 Å². The molecule has 1 heterocycles. The number of carbonyl (C=O) groups excluding carboxylic acids is 1. The van der Waals surface area contributed by atoms with Gasteiger partial charge in [0.15, 0.2) is 0 Å². The van der Waals surface area contributed by atoms with Gasteiger partial charge in [0.2, 0.25) is 0 Å². The van der Waals surface area contributed by atoms with Crippen molar-refractivity contribution >= 4 is 17.5 Å². The van der Waals surface area contributed by atoms with Crippen molar-refractivity contribution in [1.82, 2.24) is 5.32 Å². The Morgan fingerprint density at radius 3 is 3.00 bits per heavy atom. The summed E-state index contributed by atoms with van der Waals surface area (Å²) in [6, 6.07) is 3.67. The maximum absolute atomic E-state index is 13.8. The normalized spacial score (nSPS) is 20.9. The fourth-order valence-corrected chi connectivity index (χ4v) is 2.47. The minimum Gasteiger partial charge on any atom is -0.379 e. The highest BCUT2D eigenvalue weighted by atomic mass is 35.5. The number of hydrogen-bond acceptors (Lipinski definition) is 3. The van der Waals surface area contributed by atoms with Gasteiger partial charge in [-0.1, -0.05) is 23.3 Å². The first-order chi connectivity index (χ1) is 11.0. The third kappa shape index (κ3) is 5.30. The van der Waals surface area contributed by atoms with E-state index in [1.165, 1.54) is 17.7 Å². The Morgan fingerprint density at radius 1 is 1.52 bits per heavy atom. The summed E-state index contributed by atoms with van der Waals surface area (Å²) in [6.07, 6.45) is 2.51. The van der Waals surface area contributed by atoms with Crippen molar-refractivity contribution < 1.29 is 18.7 Å². The predicted octanol–water partition coefficient (Wildman–Crippen LogP) is 3.35. The molecule has 1 aliphatic rings. The Morgan fingerprint density at radius 2 is 2.30 bits per heavy atom. The highest BCUT2D eigenvalue weighted by Gasteiger charge is 2.28. The first kappa shape index (κ1) is 17.9. The highest BCUT2D eigenvalue weighted by molar-refractivity contribution is 6.30. The van der Waals surface area contributed by atoms with E-state index in [2.05, 4.69) is 5.32 Å². The van der Waals surface area contributed by atoms with Crippen molar-refractivity contribution in [2.24, 2.45) is 0 Å². The monoisotopic (exact) mass is 341 g/mol. The summed E-state index contributed by atoms with van der Waals surface area (Å²) >= 11 is 5.70. The van der Waals surface area contributed by atoms with Gasteiger partial charge >= 0.3 is 0 Å². The number of nitrogens with one attached hydrogen (secondary N) is 1. The third-order valence-corrected chi connectivity index (χ3v) is 3.82. The van der Waals surface area contributed by atoms with E-state index >= 15 is 0 Å². The minimum absolute atomic E-state index is 0.0389. The number of allylic oxidation sites excluding steroid dienone is 1. The van der Waals surface area contributed by atoms with Crippen LogP contribution in [0.15, 0.2) is 29.8 Å². The van der Waals surface area contributed by atoms with Crippen LogP contribution in [0.3, 0.4) is 0 Å². The molecular formula is C17H21ClFNO3. The highest BCUT2D eigenvalue weighted by Crippen LogP contribution is 2.17. The molecule has 0 radical (unpaired) electrons. The van der Waals surface area contributed by atoms with Gasteiger partial charge in [0.05, 0.1) is 30.9 Å². The molecule has 126 valence electrons. The lowest BCUT2D eigenvalue weighted by Gasteiger charge is -2.32. The van der Waals surface area contributed by atoms with E-state index < -0.39 is 11.7 Å². The van der Waals surface area contributed by atoms with Crippen LogP contribution in [0, 0.1) is 5.82 Å². The van der Waals surface area contributed by atoms with Crippen LogP contribution < -0.4 is 5.32 Å². The van der Waals surface area contributed by atoms with Crippen LogP contribution in [-0.2, 0) is 9.47 Å². The van der Waals surface area contributed by atoms with Gasteiger partial charge in [-0.25, -0.2) is 4.39 Å². The van der Waals surface area contributed by atoms with Gasteiger partial charge in [0.1, 0.15) is 5.82 Å². The lowest BCUT2D eigenvalue weighted by molar-refractivity contribution is -0.0457. The number of rotatable bonds is 5. The summed E-state index contributed by atoms with van der Waals surface area (Å²) in [7, 11) is 0. The second-order valence-corrected chi connectivity index (χ2v) is 6.16. The van der Waals surface area contributed by atoms with Crippen molar-refractivity contribution in [2.45, 2.75) is 32.4 Å². The van der Waals surface area contributed by atoms with E-state index in [0.29, 0.717) is 26.2 Å². The number of hydrogen-bond donors (Lipinski definition) is 1. The van der Waals surface area contributed by atoms with E-state index in [1.807, 2.05) is 19.9 Å². The lowest BCUT2D eigenvalue weighted by Crippen LogP contribution is -2.50. The second-order valence-electron chi connectivity index (χ2n) is 5.72. The summed E-state index contributed by atoms with van der Waals surface area (Å²) in [4.78, 5) is 12.3. The van der Waals surface area contributed by atoms with Gasteiger partial charge in [0, 0.05) is 11.6 Å². The largest absolute Gasteiger partial charge is 0.379 e. The van der Waals surface area contributed by atoms with Gasteiger partial charge < -0.3 is 14.8 Å². The van der Waals surface area contributed by atoms with Crippen molar-refractivity contribution in [1.29, 1.82) is 0 Å². The van der Waals surface area contributed by atoms with Crippen LogP contribution in [0.25, 0.3) is 0 Å². The number of halogens is 2. The topological polar surface area (TPSA) is 47.6 Å². The number of carbonyl (C=O) groups is 1. The summed E-state index contributed by atoms with van der Waals surface area (Å²) in [5, 5.41) is 3.04. The molecule has 6 heteroatoms. The number of benzene rings is 1. The fourth-order valence-electron chi connectivity index (χ4n) is 2.31. The molecule has 0 bridgehead atoms. The van der Waals surface area contributed by atoms with Gasteiger partial charge in [-0.2, -0.15) is 0 Å². The molecule has 1 fully saturated rings. The molecule has 1 N–H and O–H groups in total. The molecular weight excluding hydrogens is 321 g/mol. The van der Waals surface area contributed by atoms with E-state index in [9.17, 15) is 9.18 Å². The Kier molecular flexibility index (Phi) is 6.57. The van der Waals surface area contributed by atoms with Crippen LogP contribution in [0.1, 0.15) is 30.6 Å². The van der Waals surface area contributed by atoms with Gasteiger partial charge in [-0.05, 0) is 38.5 Å². The molecule has 1 amide bonds. The molecule has 0 spiro atoms. The number of amides is 1. The molecule has 2 atom stereocenters. The molecule has 4 nitrogen and oxygen atoms in total. The maximum Gasteiger partial charge on any atom is 0.254 e. The van der Waals surface area contributed by atoms with Crippen LogP contribution in [0.5, 0.6) is 0 Å². The number of ether oxygens (including phenoxy) is 2. The summed E-state index contributed by atoms with van der Waals surface area (Å²) in [5.74, 6) is -1.14. The molecule has 0 aromatic heterocycles. The van der Waals surface area contributed by atoms with Crippen LogP contribution in [0.4, 0.5) is 4.39 Å². The average molecular weight is 342 g/mol. The molecule has 0 unspecified atom stereocenters. The molecule has 1 saturated heterocycles. The Bertz CT molecular complexity index is 587. The van der Waals surface area contributed by atoms with Gasteiger partial charge in [-0.3, -0.25) is 4.79 Å². The molecule has 0 aliphatic carbocycles. The molecule has 0 saturated carbocycles. The zero-order chi connectivity index (χ0) is 16.8. The Labute approximate surface area is 140 Å². The second kappa shape index (κ2) is 8.43. The van der Waals surface area contributed by atoms with Crippen LogP contribution >= 0.6 is 11.6 Å². The Balaban J connectivity index is 2.00. The van der Waals surface area contributed by atoms with Gasteiger partial charge in [-0.15, -0.1) is 0 Å². The third-order valence-electron chi connectivity index (χ3n) is 3.59. The predicted molar refractivity (Wildman–Crippen MR) is 87.3 cm³/mol. The SMILES string of the molecule is CC(C)=CCO[C@H]1CCOC[C@H]1NC(=O)c1ccc(Cl)cc1F. The first-order valence-corrected chi connectivity index (χ1v) is 7.94. The zero-order valence-electron chi connectivity index (χ0n) is 13.3. The van der Waals surface area contributed by atoms with Crippen molar-refractivity contribution in [3.05, 3.63) is 46.3 Å². The van der Waals surface area contributed by atoms with E-state index in [1.54, 1.807) is 0 Å². The smallest absolute Gasteiger partial charge is 0.254 e. The van der Waals surface area contributed by atoms with Crippen LogP contribution in [0.2, 0.25) is 5.02 Å². The van der Waals surface area contributed by atoms with Crippen LogP contribution in [-0.4, -0.2) is 37.9 Å². The lowest BCUT2D eigenvalue weighted by atomic mass is 10.1. The van der Waals surface area contributed by atoms with Crippen molar-refractivity contribution in [3.8, 4) is 0 Å². The minimum atomic E-state index is -0.645. The van der Waals surface area contributed by atoms with Crippen molar-refractivity contribution in [2.75, 3.05) is 19.8 Å². The molecule has 23 heavy (non-hydrogen) atoms. The van der Waals surface area contributed by atoms with Gasteiger partial charge in [0.25, 0.3) is 5.91 Å². The Hall–Kier alpha value is -1.43. The van der Waals surface area contributed by atoms with E-state index in [4.69, 9.17) is 21.1 Å².